The lowest BCUT2D eigenvalue weighted by Crippen LogP contribution is -2.45. The van der Waals surface area contributed by atoms with Crippen molar-refractivity contribution in [2.24, 2.45) is 0 Å². The molecule has 10 nitrogen and oxygen atoms in total. The average molecular weight is 476 g/mol. The Balaban J connectivity index is 1.18. The first-order valence-electron chi connectivity index (χ1n) is 11.3. The summed E-state index contributed by atoms with van der Waals surface area (Å²) in [5.74, 6) is -0.106. The summed E-state index contributed by atoms with van der Waals surface area (Å²) in [4.78, 5) is 40.1. The molecule has 0 saturated carbocycles. The molecule has 2 fully saturated rings. The summed E-state index contributed by atoms with van der Waals surface area (Å²) in [6, 6.07) is 3.72. The minimum atomic E-state index is -0.228. The van der Waals surface area contributed by atoms with Gasteiger partial charge in [-0.05, 0) is 25.0 Å². The van der Waals surface area contributed by atoms with Crippen LogP contribution >= 0.6 is 11.3 Å². The van der Waals surface area contributed by atoms with Crippen LogP contribution in [0.3, 0.4) is 0 Å². The summed E-state index contributed by atoms with van der Waals surface area (Å²) in [7, 11) is 0. The van der Waals surface area contributed by atoms with Crippen LogP contribution in [-0.4, -0.2) is 67.2 Å². The highest BCUT2D eigenvalue weighted by Crippen LogP contribution is 2.33. The number of thiazole rings is 1. The maximum Gasteiger partial charge on any atom is 0.261 e. The molecule has 1 amide bonds. The Labute approximate surface area is 196 Å². The molecule has 5 aromatic heterocycles. The Kier molecular flexibility index (Phi) is 4.38. The summed E-state index contributed by atoms with van der Waals surface area (Å²) in [6.07, 6.45) is 9.92. The average Bonchev–Trinajstić information content (AvgIpc) is 3.57. The van der Waals surface area contributed by atoms with Crippen LogP contribution in [0.5, 0.6) is 0 Å². The van der Waals surface area contributed by atoms with E-state index in [-0.39, 0.29) is 23.7 Å². The maximum atomic E-state index is 13.0. The first kappa shape index (κ1) is 19.9. The van der Waals surface area contributed by atoms with Crippen molar-refractivity contribution in [3.63, 3.8) is 0 Å². The van der Waals surface area contributed by atoms with Gasteiger partial charge in [0, 0.05) is 37.2 Å². The van der Waals surface area contributed by atoms with E-state index in [2.05, 4.69) is 30.3 Å². The number of pyridine rings is 2. The quantitative estimate of drug-likeness (QED) is 0.368. The molecule has 5 aromatic rings. The molecule has 0 aliphatic carbocycles. The summed E-state index contributed by atoms with van der Waals surface area (Å²) >= 11 is 1.51. The lowest BCUT2D eigenvalue weighted by Gasteiger charge is -2.31. The number of ether oxygens (including phenoxy) is 1. The molecule has 0 radical (unpaired) electrons. The number of fused-ring (bicyclic) bond motifs is 7. The molecule has 0 aromatic carbocycles. The maximum absolute atomic E-state index is 13.0. The second-order valence-electron chi connectivity index (χ2n) is 8.94. The number of rotatable bonds is 4. The lowest BCUT2D eigenvalue weighted by molar-refractivity contribution is -0.119. The minimum absolute atomic E-state index is 0.106. The largest absolute Gasteiger partial charge is 0.372 e. The number of aromatic amines is 2. The van der Waals surface area contributed by atoms with Gasteiger partial charge in [0.2, 0.25) is 5.91 Å². The van der Waals surface area contributed by atoms with Crippen molar-refractivity contribution in [3.8, 4) is 10.4 Å². The van der Waals surface area contributed by atoms with Crippen LogP contribution in [0.25, 0.3) is 37.2 Å². The standard InChI is InChI=1S/C23H21N7O3S/c31-18(11-29-8-14-1-2-15(9-29)33-14)26-13-5-16-20(25-7-13)21-19(22(32)27-16)23-30(28-21)10-17(34-23)12-3-4-24-6-12/h3-7,10,14-15,24H,1-2,8-9,11H2,(H,26,31)(H,27,32). The van der Waals surface area contributed by atoms with Crippen LogP contribution in [0, 0.1) is 0 Å². The molecule has 7 rings (SSSR count). The van der Waals surface area contributed by atoms with Gasteiger partial charge in [0.05, 0.1) is 41.0 Å². The van der Waals surface area contributed by atoms with Gasteiger partial charge in [0.25, 0.3) is 5.56 Å². The predicted molar refractivity (Wildman–Crippen MR) is 129 cm³/mol. The zero-order valence-electron chi connectivity index (χ0n) is 18.1. The molecule has 172 valence electrons. The molecule has 2 aliphatic heterocycles. The summed E-state index contributed by atoms with van der Waals surface area (Å²) in [5, 5.41) is 8.08. The number of H-pyrrole nitrogens is 2. The molecule has 2 saturated heterocycles. The van der Waals surface area contributed by atoms with E-state index in [1.165, 1.54) is 11.3 Å². The van der Waals surface area contributed by atoms with Gasteiger partial charge in [-0.2, -0.15) is 5.10 Å². The van der Waals surface area contributed by atoms with Crippen molar-refractivity contribution >= 4 is 49.7 Å². The van der Waals surface area contributed by atoms with E-state index in [9.17, 15) is 9.59 Å². The van der Waals surface area contributed by atoms with Crippen LogP contribution in [-0.2, 0) is 9.53 Å². The highest BCUT2D eigenvalue weighted by molar-refractivity contribution is 7.21. The van der Waals surface area contributed by atoms with E-state index in [1.807, 2.05) is 24.7 Å². The number of nitrogens with zero attached hydrogens (tertiary/aromatic N) is 4. The van der Waals surface area contributed by atoms with E-state index in [4.69, 9.17) is 4.74 Å². The van der Waals surface area contributed by atoms with Crippen molar-refractivity contribution in [2.45, 2.75) is 25.0 Å². The Hall–Kier alpha value is -3.54. The fourth-order valence-electron chi connectivity index (χ4n) is 5.06. The van der Waals surface area contributed by atoms with Gasteiger partial charge in [-0.1, -0.05) is 0 Å². The predicted octanol–water partition coefficient (Wildman–Crippen LogP) is 2.58. The van der Waals surface area contributed by atoms with Gasteiger partial charge in [-0.3, -0.25) is 19.5 Å². The number of hydrogen-bond acceptors (Lipinski definition) is 7. The molecular formula is C23H21N7O3S. The van der Waals surface area contributed by atoms with Crippen LogP contribution in [0.2, 0.25) is 0 Å². The van der Waals surface area contributed by atoms with E-state index in [0.717, 1.165) is 41.2 Å². The summed E-state index contributed by atoms with van der Waals surface area (Å²) in [5.41, 5.74) is 3.04. The molecular weight excluding hydrogens is 454 g/mol. The van der Waals surface area contributed by atoms with Crippen LogP contribution in [0.1, 0.15) is 12.8 Å². The normalized spacial score (nSPS) is 20.6. The van der Waals surface area contributed by atoms with Gasteiger partial charge in [0.1, 0.15) is 21.3 Å². The Morgan fingerprint density at radius 1 is 1.26 bits per heavy atom. The summed E-state index contributed by atoms with van der Waals surface area (Å²) < 4.78 is 7.57. The van der Waals surface area contributed by atoms with Gasteiger partial charge >= 0.3 is 0 Å². The van der Waals surface area contributed by atoms with Gasteiger partial charge < -0.3 is 20.0 Å². The highest BCUT2D eigenvalue weighted by Gasteiger charge is 2.34. The third kappa shape index (κ3) is 3.23. The van der Waals surface area contributed by atoms with E-state index >= 15 is 0 Å². The highest BCUT2D eigenvalue weighted by atomic mass is 32.1. The van der Waals surface area contributed by atoms with Crippen molar-refractivity contribution in [1.82, 2.24) is 29.5 Å². The van der Waals surface area contributed by atoms with Crippen molar-refractivity contribution in [3.05, 3.63) is 47.3 Å². The van der Waals surface area contributed by atoms with Crippen molar-refractivity contribution < 1.29 is 9.53 Å². The minimum Gasteiger partial charge on any atom is -0.372 e. The zero-order chi connectivity index (χ0) is 22.8. The van der Waals surface area contributed by atoms with Crippen LogP contribution in [0.15, 0.2) is 41.7 Å². The molecule has 34 heavy (non-hydrogen) atoms. The van der Waals surface area contributed by atoms with Crippen LogP contribution < -0.4 is 10.9 Å². The number of likely N-dealkylation sites (tertiary alicyclic amines) is 1. The Bertz CT molecular complexity index is 1600. The number of morpholine rings is 1. The topological polar surface area (TPSA) is 120 Å². The number of carbonyl (C=O) groups is 1. The van der Waals surface area contributed by atoms with Gasteiger partial charge in [-0.25, -0.2) is 4.52 Å². The number of carbonyl (C=O) groups excluding carboxylic acids is 1. The van der Waals surface area contributed by atoms with Crippen molar-refractivity contribution in [2.75, 3.05) is 25.0 Å². The molecule has 3 N–H and O–H groups in total. The number of amides is 1. The Morgan fingerprint density at radius 3 is 2.91 bits per heavy atom. The first-order chi connectivity index (χ1) is 16.6. The van der Waals surface area contributed by atoms with Gasteiger partial charge in [-0.15, -0.1) is 11.3 Å². The fourth-order valence-corrected chi connectivity index (χ4v) is 6.14. The third-order valence-corrected chi connectivity index (χ3v) is 7.70. The monoisotopic (exact) mass is 475 g/mol. The zero-order valence-corrected chi connectivity index (χ0v) is 18.9. The second-order valence-corrected chi connectivity index (χ2v) is 9.97. The summed E-state index contributed by atoms with van der Waals surface area (Å²) in [6.45, 7) is 1.88. The first-order valence-corrected chi connectivity index (χ1v) is 12.1. The second kappa shape index (κ2) is 7.49. The fraction of sp³-hybridized carbons (Fsp3) is 0.304. The third-order valence-electron chi connectivity index (χ3n) is 6.55. The van der Waals surface area contributed by atoms with E-state index in [0.29, 0.717) is 34.2 Å². The van der Waals surface area contributed by atoms with E-state index < -0.39 is 0 Å². The number of hydrogen-bond donors (Lipinski definition) is 3. The van der Waals surface area contributed by atoms with E-state index in [1.54, 1.807) is 16.8 Å². The molecule has 2 bridgehead atoms. The molecule has 2 atom stereocenters. The van der Waals surface area contributed by atoms with Crippen molar-refractivity contribution in [1.29, 1.82) is 0 Å². The molecule has 2 aliphatic rings. The number of anilines is 1. The molecule has 11 heteroatoms. The SMILES string of the molecule is O=C(CN1CC2CCC(C1)O2)Nc1cnc2c(c1)[nH]c(=O)c1c2nn2cc(-c3cc[nH]c3)sc12. The lowest BCUT2D eigenvalue weighted by atomic mass is 10.2. The molecule has 2 unspecified atom stereocenters. The van der Waals surface area contributed by atoms with Crippen LogP contribution in [0.4, 0.5) is 5.69 Å². The number of aromatic nitrogens is 5. The molecule has 7 heterocycles. The smallest absolute Gasteiger partial charge is 0.261 e. The van der Waals surface area contributed by atoms with Gasteiger partial charge in [0.15, 0.2) is 0 Å². The molecule has 0 spiro atoms. The number of nitrogens with one attached hydrogen (secondary N) is 3. The Morgan fingerprint density at radius 2 is 2.12 bits per heavy atom.